The molecule has 2 unspecified atom stereocenters. The number of carbonyl (C=O) groups excluding carboxylic acids is 1. The van der Waals surface area contributed by atoms with Crippen LogP contribution in [0.15, 0.2) is 0 Å². The molecule has 0 aromatic rings. The number of carbonyl (C=O) groups is 2. The highest BCUT2D eigenvalue weighted by Gasteiger charge is 2.48. The van der Waals surface area contributed by atoms with Crippen molar-refractivity contribution in [3.05, 3.63) is 0 Å². The fourth-order valence-corrected chi connectivity index (χ4v) is 3.30. The van der Waals surface area contributed by atoms with Crippen LogP contribution in [0.5, 0.6) is 0 Å². The van der Waals surface area contributed by atoms with E-state index in [0.717, 1.165) is 12.8 Å². The number of nitrogens with one attached hydrogen (secondary N) is 1. The Bertz CT molecular complexity index is 334. The van der Waals surface area contributed by atoms with E-state index in [9.17, 15) is 13.8 Å². The number of carboxylic acids is 1. The summed E-state index contributed by atoms with van der Waals surface area (Å²) in [6.45, 7) is 0. The van der Waals surface area contributed by atoms with Crippen LogP contribution in [0.4, 0.5) is 0 Å². The molecular weight excluding hydrogens is 230 g/mol. The van der Waals surface area contributed by atoms with Gasteiger partial charge in [0.25, 0.3) is 0 Å². The highest BCUT2D eigenvalue weighted by atomic mass is 32.2. The van der Waals surface area contributed by atoms with Crippen LogP contribution in [0.2, 0.25) is 0 Å². The first-order chi connectivity index (χ1) is 7.58. The van der Waals surface area contributed by atoms with Crippen LogP contribution in [0, 0.1) is 11.8 Å². The van der Waals surface area contributed by atoms with Gasteiger partial charge < -0.3 is 10.4 Å². The first kappa shape index (κ1) is 11.6. The maximum atomic E-state index is 11.6. The van der Waals surface area contributed by atoms with Crippen molar-refractivity contribution in [2.75, 3.05) is 11.5 Å². The largest absolute Gasteiger partial charge is 0.481 e. The van der Waals surface area contributed by atoms with Gasteiger partial charge in [-0.05, 0) is 19.3 Å². The van der Waals surface area contributed by atoms with Gasteiger partial charge in [-0.15, -0.1) is 0 Å². The molecule has 90 valence electrons. The van der Waals surface area contributed by atoms with Crippen molar-refractivity contribution in [2.24, 2.45) is 11.8 Å². The smallest absolute Gasteiger partial charge is 0.307 e. The summed E-state index contributed by atoms with van der Waals surface area (Å²) in [4.78, 5) is 22.2. The van der Waals surface area contributed by atoms with Crippen molar-refractivity contribution in [2.45, 2.75) is 25.3 Å². The number of rotatable bonds is 3. The monoisotopic (exact) mass is 245 g/mol. The van der Waals surface area contributed by atoms with Gasteiger partial charge in [0.2, 0.25) is 5.91 Å². The van der Waals surface area contributed by atoms with Gasteiger partial charge in [0.05, 0.1) is 11.8 Å². The zero-order valence-corrected chi connectivity index (χ0v) is 9.66. The summed E-state index contributed by atoms with van der Waals surface area (Å²) in [7, 11) is -0.731. The number of hydrogen-bond donors (Lipinski definition) is 2. The molecule has 1 saturated heterocycles. The van der Waals surface area contributed by atoms with Crippen molar-refractivity contribution in [3.63, 3.8) is 0 Å². The molecule has 1 aliphatic heterocycles. The number of amides is 1. The number of hydrogen-bond acceptors (Lipinski definition) is 3. The molecule has 5 nitrogen and oxygen atoms in total. The third-order valence-electron chi connectivity index (χ3n) is 3.18. The van der Waals surface area contributed by atoms with Gasteiger partial charge in [-0.2, -0.15) is 0 Å². The fraction of sp³-hybridized carbons (Fsp3) is 0.800. The van der Waals surface area contributed by atoms with Gasteiger partial charge in [-0.25, -0.2) is 0 Å². The van der Waals surface area contributed by atoms with Crippen LogP contribution < -0.4 is 5.32 Å². The van der Waals surface area contributed by atoms with Gasteiger partial charge in [0.1, 0.15) is 0 Å². The molecule has 1 heterocycles. The molecule has 0 spiro atoms. The second-order valence-corrected chi connectivity index (χ2v) is 6.11. The second-order valence-electron chi connectivity index (χ2n) is 4.42. The van der Waals surface area contributed by atoms with E-state index in [-0.39, 0.29) is 17.9 Å². The average molecular weight is 245 g/mol. The van der Waals surface area contributed by atoms with Crippen LogP contribution >= 0.6 is 0 Å². The predicted octanol–water partition coefficient (Wildman–Crippen LogP) is -0.266. The molecule has 2 atom stereocenters. The Labute approximate surface area is 96.1 Å². The molecule has 1 saturated carbocycles. The summed E-state index contributed by atoms with van der Waals surface area (Å²) in [5.74, 6) is -0.590. The molecule has 2 rings (SSSR count). The molecule has 1 aliphatic carbocycles. The molecule has 2 aliphatic rings. The maximum Gasteiger partial charge on any atom is 0.307 e. The first-order valence-corrected chi connectivity index (χ1v) is 6.95. The van der Waals surface area contributed by atoms with E-state index < -0.39 is 22.7 Å². The highest BCUT2D eigenvalue weighted by Crippen LogP contribution is 2.38. The van der Waals surface area contributed by atoms with Gasteiger partial charge in [0, 0.05) is 28.3 Å². The van der Waals surface area contributed by atoms with Gasteiger partial charge in [0.15, 0.2) is 0 Å². The molecule has 0 radical (unpaired) electrons. The maximum absolute atomic E-state index is 11.6. The summed E-state index contributed by atoms with van der Waals surface area (Å²) >= 11 is 0. The molecule has 2 fully saturated rings. The molecule has 16 heavy (non-hydrogen) atoms. The van der Waals surface area contributed by atoms with Crippen molar-refractivity contribution in [1.29, 1.82) is 0 Å². The fourth-order valence-electron chi connectivity index (χ4n) is 2.00. The van der Waals surface area contributed by atoms with E-state index in [4.69, 9.17) is 5.11 Å². The van der Waals surface area contributed by atoms with Crippen molar-refractivity contribution >= 4 is 22.7 Å². The molecular formula is C10H15NO4S. The molecule has 0 bridgehead atoms. The van der Waals surface area contributed by atoms with Crippen molar-refractivity contribution < 1.29 is 18.9 Å². The van der Waals surface area contributed by atoms with Crippen LogP contribution in [0.25, 0.3) is 0 Å². The highest BCUT2D eigenvalue weighted by molar-refractivity contribution is 7.85. The van der Waals surface area contributed by atoms with Crippen LogP contribution in [0.3, 0.4) is 0 Å². The van der Waals surface area contributed by atoms with E-state index >= 15 is 0 Å². The Morgan fingerprint density at radius 1 is 1.19 bits per heavy atom. The zero-order valence-electron chi connectivity index (χ0n) is 8.85. The minimum Gasteiger partial charge on any atom is -0.481 e. The number of aliphatic carboxylic acids is 1. The van der Waals surface area contributed by atoms with E-state index in [1.165, 1.54) is 0 Å². The minimum absolute atomic E-state index is 0.0836. The average Bonchev–Trinajstić information content (AvgIpc) is 3.01. The van der Waals surface area contributed by atoms with Gasteiger partial charge >= 0.3 is 5.97 Å². The van der Waals surface area contributed by atoms with Crippen molar-refractivity contribution in [3.8, 4) is 0 Å². The Hall–Kier alpha value is -0.910. The first-order valence-electron chi connectivity index (χ1n) is 5.46. The summed E-state index contributed by atoms with van der Waals surface area (Å²) in [6.07, 6.45) is 1.94. The zero-order chi connectivity index (χ0) is 11.7. The molecule has 2 N–H and O–H groups in total. The lowest BCUT2D eigenvalue weighted by Crippen LogP contribution is -2.40. The van der Waals surface area contributed by atoms with E-state index in [1.54, 1.807) is 0 Å². The Kier molecular flexibility index (Phi) is 3.28. The van der Waals surface area contributed by atoms with E-state index in [1.807, 2.05) is 0 Å². The molecule has 6 heteroatoms. The lowest BCUT2D eigenvalue weighted by Gasteiger charge is -2.22. The lowest BCUT2D eigenvalue weighted by atomic mass is 10.1. The summed E-state index contributed by atoms with van der Waals surface area (Å²) in [6, 6.07) is 0.0836. The van der Waals surface area contributed by atoms with E-state index in [2.05, 4.69) is 5.32 Å². The summed E-state index contributed by atoms with van der Waals surface area (Å²) in [5, 5.41) is 11.5. The van der Waals surface area contributed by atoms with Crippen LogP contribution in [-0.4, -0.2) is 38.7 Å². The third kappa shape index (κ3) is 2.61. The molecule has 1 amide bonds. The Balaban J connectivity index is 1.76. The van der Waals surface area contributed by atoms with Gasteiger partial charge in [-0.1, -0.05) is 0 Å². The Morgan fingerprint density at radius 2 is 1.81 bits per heavy atom. The van der Waals surface area contributed by atoms with E-state index in [0.29, 0.717) is 17.9 Å². The normalized spacial score (nSPS) is 37.8. The summed E-state index contributed by atoms with van der Waals surface area (Å²) < 4.78 is 11.1. The SMILES string of the molecule is O=C(O)C1CC1C(=O)NC1CCS(=O)CC1. The predicted molar refractivity (Wildman–Crippen MR) is 58.3 cm³/mol. The summed E-state index contributed by atoms with van der Waals surface area (Å²) in [5.41, 5.74) is 0. The van der Waals surface area contributed by atoms with Crippen LogP contribution in [0.1, 0.15) is 19.3 Å². The number of carboxylic acid groups (broad SMARTS) is 1. The second kappa shape index (κ2) is 4.53. The standard InChI is InChI=1S/C10H15NO4S/c12-9(7-5-8(7)10(13)14)11-6-1-3-16(15)4-2-6/h6-8H,1-5H2,(H,11,12)(H,13,14). The topological polar surface area (TPSA) is 83.5 Å². The third-order valence-corrected chi connectivity index (χ3v) is 4.56. The molecule has 0 aromatic heterocycles. The molecule has 0 aromatic carbocycles. The van der Waals surface area contributed by atoms with Crippen molar-refractivity contribution in [1.82, 2.24) is 5.32 Å². The quantitative estimate of drug-likeness (QED) is 0.717. The minimum atomic E-state index is -0.884. The lowest BCUT2D eigenvalue weighted by molar-refractivity contribution is -0.140. The van der Waals surface area contributed by atoms with Gasteiger partial charge in [-0.3, -0.25) is 13.8 Å². The Morgan fingerprint density at radius 3 is 2.31 bits per heavy atom. The van der Waals surface area contributed by atoms with Crippen LogP contribution in [-0.2, 0) is 20.4 Å².